The summed E-state index contributed by atoms with van der Waals surface area (Å²) in [6.45, 7) is 3.50. The number of carbonyl (C=O) groups excluding carboxylic acids is 4. The molecular formula is C45H39N7O9. The summed E-state index contributed by atoms with van der Waals surface area (Å²) < 4.78 is 29.1. The maximum atomic E-state index is 14.4. The van der Waals surface area contributed by atoms with Gasteiger partial charge in [-0.15, -0.1) is 0 Å². The van der Waals surface area contributed by atoms with Gasteiger partial charge in [0.15, 0.2) is 0 Å². The summed E-state index contributed by atoms with van der Waals surface area (Å²) in [7, 11) is 4.30. The molecule has 0 aliphatic heterocycles. The molecule has 0 saturated heterocycles. The summed E-state index contributed by atoms with van der Waals surface area (Å²) in [6, 6.07) is 27.2. The Labute approximate surface area is 349 Å². The van der Waals surface area contributed by atoms with Gasteiger partial charge in [-0.3, -0.25) is 19.6 Å². The second-order valence-corrected chi connectivity index (χ2v) is 13.4. The molecule has 0 saturated carbocycles. The molecule has 0 radical (unpaired) electrons. The molecule has 0 bridgehead atoms. The molecule has 0 aliphatic rings. The highest BCUT2D eigenvalue weighted by atomic mass is 16.6. The van der Waals surface area contributed by atoms with Crippen molar-refractivity contribution in [2.75, 3.05) is 31.3 Å². The molecule has 16 nitrogen and oxygen atoms in total. The fraction of sp³-hybridized carbons (Fsp3) is 0.111. The first-order valence-corrected chi connectivity index (χ1v) is 18.6. The molecule has 0 fully saturated rings. The van der Waals surface area contributed by atoms with Gasteiger partial charge in [0.2, 0.25) is 0 Å². The van der Waals surface area contributed by atoms with Crippen LogP contribution in [-0.4, -0.2) is 55.2 Å². The zero-order chi connectivity index (χ0) is 43.4. The van der Waals surface area contributed by atoms with Crippen LogP contribution in [0.15, 0.2) is 116 Å². The number of carbonyl (C=O) groups is 4. The number of primary amides is 2. The van der Waals surface area contributed by atoms with Crippen molar-refractivity contribution in [1.29, 1.82) is 0 Å². The van der Waals surface area contributed by atoms with E-state index >= 15 is 0 Å². The average molecular weight is 822 g/mol. The zero-order valence-electron chi connectivity index (χ0n) is 33.6. The number of fused-ring (bicyclic) bond motifs is 2. The molecule has 0 spiro atoms. The van der Waals surface area contributed by atoms with Crippen molar-refractivity contribution in [3.63, 3.8) is 0 Å². The number of urea groups is 1. The summed E-state index contributed by atoms with van der Waals surface area (Å²) in [5.74, 6) is 0.928. The third kappa shape index (κ3) is 8.31. The smallest absolute Gasteiger partial charge is 0.439 e. The van der Waals surface area contributed by atoms with Crippen LogP contribution in [0.3, 0.4) is 0 Å². The number of hydrogen-bond donors (Lipinski definition) is 3. The Kier molecular flexibility index (Phi) is 11.5. The number of methoxy groups -OCH3 is 2. The minimum Gasteiger partial charge on any atom is -0.496 e. The van der Waals surface area contributed by atoms with E-state index in [4.69, 9.17) is 35.2 Å². The van der Waals surface area contributed by atoms with Gasteiger partial charge in [0.25, 0.3) is 11.8 Å². The third-order valence-corrected chi connectivity index (χ3v) is 9.55. The third-order valence-electron chi connectivity index (χ3n) is 9.55. The van der Waals surface area contributed by atoms with E-state index in [-0.39, 0.29) is 34.1 Å². The Morgan fingerprint density at radius 2 is 1.05 bits per heavy atom. The number of anilines is 2. The van der Waals surface area contributed by atoms with E-state index in [1.165, 1.54) is 21.3 Å². The molecule has 5 N–H and O–H groups in total. The summed E-state index contributed by atoms with van der Waals surface area (Å²) in [6.07, 6.45) is 2.21. The van der Waals surface area contributed by atoms with E-state index in [0.29, 0.717) is 61.6 Å². The van der Waals surface area contributed by atoms with E-state index in [2.05, 4.69) is 15.3 Å². The number of hydrazine groups is 1. The second kappa shape index (κ2) is 17.2. The van der Waals surface area contributed by atoms with Gasteiger partial charge in [0.05, 0.1) is 47.8 Å². The lowest BCUT2D eigenvalue weighted by Gasteiger charge is -2.35. The quantitative estimate of drug-likeness (QED) is 0.107. The number of pyridine rings is 2. The van der Waals surface area contributed by atoms with E-state index in [0.717, 1.165) is 10.0 Å². The lowest BCUT2D eigenvalue weighted by Crippen LogP contribution is -2.55. The molecule has 2 heterocycles. The fourth-order valence-corrected chi connectivity index (χ4v) is 6.64. The van der Waals surface area contributed by atoms with E-state index in [1.54, 1.807) is 129 Å². The van der Waals surface area contributed by atoms with Crippen LogP contribution < -0.4 is 50.5 Å². The predicted molar refractivity (Wildman–Crippen MR) is 228 cm³/mol. The van der Waals surface area contributed by atoms with Crippen molar-refractivity contribution in [1.82, 2.24) is 15.3 Å². The lowest BCUT2D eigenvalue weighted by atomic mass is 10.1. The number of amides is 5. The number of para-hydroxylation sites is 1. The van der Waals surface area contributed by atoms with Gasteiger partial charge < -0.3 is 40.5 Å². The molecule has 2 aromatic heterocycles. The van der Waals surface area contributed by atoms with Crippen LogP contribution in [0.2, 0.25) is 0 Å². The van der Waals surface area contributed by atoms with Crippen LogP contribution in [0.25, 0.3) is 21.8 Å². The summed E-state index contributed by atoms with van der Waals surface area (Å²) in [5, 5.41) is 5.94. The first-order valence-electron chi connectivity index (χ1n) is 18.6. The van der Waals surface area contributed by atoms with Crippen molar-refractivity contribution in [2.45, 2.75) is 13.8 Å². The summed E-state index contributed by atoms with van der Waals surface area (Å²) in [4.78, 5) is 61.5. The largest absolute Gasteiger partial charge is 0.496 e. The van der Waals surface area contributed by atoms with Gasteiger partial charge in [0.1, 0.15) is 40.2 Å². The highest BCUT2D eigenvalue weighted by Crippen LogP contribution is 2.38. The Hall–Kier alpha value is -8.40. The molecule has 7 aromatic rings. The molecule has 308 valence electrons. The molecule has 0 atom stereocenters. The normalized spacial score (nSPS) is 10.8. The van der Waals surface area contributed by atoms with Crippen molar-refractivity contribution in [3.05, 3.63) is 138 Å². The van der Waals surface area contributed by atoms with Crippen molar-refractivity contribution < 1.29 is 42.9 Å². The average Bonchev–Trinajstić information content (AvgIpc) is 3.25. The van der Waals surface area contributed by atoms with Crippen LogP contribution >= 0.6 is 0 Å². The molecule has 5 aromatic carbocycles. The minimum atomic E-state index is -0.900. The van der Waals surface area contributed by atoms with Crippen LogP contribution in [-0.2, 0) is 0 Å². The highest BCUT2D eigenvalue weighted by Gasteiger charge is 2.33. The molecule has 0 aliphatic carbocycles. The van der Waals surface area contributed by atoms with E-state index < -0.39 is 23.9 Å². The SMILES string of the molecule is CNC(=O)N(c1ccc(Oc2ccnc3cc(OC)c(C(N)=O)cc23)cc1C)N(C(=O)Oc1ccccc1)c1ccc(Oc2ccnc3cc(OC)c(C(N)=O)cc23)cc1C. The Morgan fingerprint density at radius 3 is 1.48 bits per heavy atom. The number of hydrogen-bond acceptors (Lipinski definition) is 11. The first-order chi connectivity index (χ1) is 29.4. The second-order valence-electron chi connectivity index (χ2n) is 13.4. The number of benzene rings is 5. The number of nitrogens with one attached hydrogen (secondary N) is 1. The fourth-order valence-electron chi connectivity index (χ4n) is 6.64. The monoisotopic (exact) mass is 821 g/mol. The number of nitrogens with two attached hydrogens (primary N) is 2. The van der Waals surface area contributed by atoms with Crippen molar-refractivity contribution in [2.24, 2.45) is 11.5 Å². The number of ether oxygens (including phenoxy) is 5. The Bertz CT molecular complexity index is 2850. The maximum absolute atomic E-state index is 14.4. The van der Waals surface area contributed by atoms with E-state index in [1.807, 2.05) is 0 Å². The Morgan fingerprint density at radius 1 is 0.574 bits per heavy atom. The molecule has 16 heteroatoms. The van der Waals surface area contributed by atoms with Gasteiger partial charge in [-0.2, -0.15) is 10.0 Å². The number of aromatic nitrogens is 2. The maximum Gasteiger partial charge on any atom is 0.439 e. The van der Waals surface area contributed by atoms with E-state index in [9.17, 15) is 19.2 Å². The standard InChI is InChI=1S/C45H39N7O9/c1-25-19-28(59-38-15-17-49-34-23-40(57-4)32(42(46)53)21-30(34)38)11-13-36(25)51(44(55)48-3)52(45(56)61-27-9-7-6-8-10-27)37-14-12-29(20-26(37)2)60-39-16-18-50-35-24-41(58-5)33(43(47)54)22-31(35)39/h6-24H,1-5H3,(H2,46,53)(H2,47,54)(H,48,55). The molecule has 61 heavy (non-hydrogen) atoms. The zero-order valence-corrected chi connectivity index (χ0v) is 33.6. The molecule has 7 rings (SSSR count). The number of nitrogens with zero attached hydrogens (tertiary/aromatic N) is 4. The summed E-state index contributed by atoms with van der Waals surface area (Å²) >= 11 is 0. The van der Waals surface area contributed by atoms with Crippen LogP contribution in [0.5, 0.6) is 40.2 Å². The topological polar surface area (TPSA) is 211 Å². The Balaban J connectivity index is 1.27. The van der Waals surface area contributed by atoms with Crippen LogP contribution in [0.1, 0.15) is 31.8 Å². The van der Waals surface area contributed by atoms with Gasteiger partial charge in [-0.05, 0) is 97.8 Å². The highest BCUT2D eigenvalue weighted by molar-refractivity contribution is 6.05. The molecule has 0 unspecified atom stereocenters. The molecular weight excluding hydrogens is 783 g/mol. The van der Waals surface area contributed by atoms with Crippen LogP contribution in [0, 0.1) is 13.8 Å². The van der Waals surface area contributed by atoms with Crippen molar-refractivity contribution in [3.8, 4) is 40.2 Å². The minimum absolute atomic E-state index is 0.154. The molecule has 5 amide bonds. The number of aryl methyl sites for hydroxylation is 2. The van der Waals surface area contributed by atoms with Gasteiger partial charge in [0, 0.05) is 42.3 Å². The lowest BCUT2D eigenvalue weighted by molar-refractivity contribution is 0.0989. The predicted octanol–water partition coefficient (Wildman–Crippen LogP) is 7.97. The van der Waals surface area contributed by atoms with Gasteiger partial charge in [-0.25, -0.2) is 9.59 Å². The summed E-state index contributed by atoms with van der Waals surface area (Å²) in [5.41, 5.74) is 14.2. The van der Waals surface area contributed by atoms with Crippen LogP contribution in [0.4, 0.5) is 21.0 Å². The number of rotatable bonds is 11. The van der Waals surface area contributed by atoms with Gasteiger partial charge in [-0.1, -0.05) is 18.2 Å². The van der Waals surface area contributed by atoms with Crippen molar-refractivity contribution >= 4 is 57.1 Å². The first kappa shape index (κ1) is 40.8. The van der Waals surface area contributed by atoms with Gasteiger partial charge >= 0.3 is 12.1 Å².